The first kappa shape index (κ1) is 17.4. The van der Waals surface area contributed by atoms with Gasteiger partial charge in [0.15, 0.2) is 5.65 Å². The highest BCUT2D eigenvalue weighted by molar-refractivity contribution is 5.79. The Morgan fingerprint density at radius 3 is 2.96 bits per heavy atom. The number of carbonyl (C=O) groups excluding carboxylic acids is 1. The molecule has 1 aliphatic heterocycles. The summed E-state index contributed by atoms with van der Waals surface area (Å²) in [7, 11) is 0. The van der Waals surface area contributed by atoms with Gasteiger partial charge < -0.3 is 10.2 Å². The zero-order valence-electron chi connectivity index (χ0n) is 14.6. The molecule has 0 aliphatic carbocycles. The largest absolute Gasteiger partial charge is 0.352 e. The highest BCUT2D eigenvalue weighted by atomic mass is 19.1. The number of hydrogen-bond donors (Lipinski definition) is 1. The van der Waals surface area contributed by atoms with E-state index in [4.69, 9.17) is 0 Å². The molecule has 1 aliphatic rings. The predicted octanol–water partition coefficient (Wildman–Crippen LogP) is 2.54. The van der Waals surface area contributed by atoms with Crippen LogP contribution in [0.25, 0.3) is 5.65 Å². The summed E-state index contributed by atoms with van der Waals surface area (Å²) < 4.78 is 28.6. The Balaban J connectivity index is 1.42. The fourth-order valence-corrected chi connectivity index (χ4v) is 3.41. The van der Waals surface area contributed by atoms with E-state index in [2.05, 4.69) is 15.5 Å². The van der Waals surface area contributed by atoms with E-state index < -0.39 is 11.6 Å². The smallest absolute Gasteiger partial charge is 0.231 e. The number of carbonyl (C=O) groups is 1. The van der Waals surface area contributed by atoms with Gasteiger partial charge in [0.05, 0.1) is 5.92 Å². The number of hydrogen-bond acceptors (Lipinski definition) is 4. The maximum Gasteiger partial charge on any atom is 0.231 e. The summed E-state index contributed by atoms with van der Waals surface area (Å²) >= 11 is 0. The minimum atomic E-state index is -0.657. The summed E-state index contributed by atoms with van der Waals surface area (Å²) in [5, 5.41) is 11.2. The van der Waals surface area contributed by atoms with Crippen LogP contribution >= 0.6 is 0 Å². The maximum absolute atomic E-state index is 13.7. The van der Waals surface area contributed by atoms with Crippen LogP contribution in [0.5, 0.6) is 0 Å². The van der Waals surface area contributed by atoms with Crippen molar-refractivity contribution in [1.82, 2.24) is 19.9 Å². The van der Waals surface area contributed by atoms with Crippen molar-refractivity contribution in [1.29, 1.82) is 0 Å². The van der Waals surface area contributed by atoms with Gasteiger partial charge in [0.1, 0.15) is 11.6 Å². The molecule has 4 rings (SSSR count). The number of anilines is 1. The summed E-state index contributed by atoms with van der Waals surface area (Å²) in [5.41, 5.74) is 1.02. The predicted molar refractivity (Wildman–Crippen MR) is 96.1 cm³/mol. The Labute approximate surface area is 154 Å². The molecule has 27 heavy (non-hydrogen) atoms. The van der Waals surface area contributed by atoms with Gasteiger partial charge in [-0.2, -0.15) is 0 Å². The van der Waals surface area contributed by atoms with E-state index in [1.165, 1.54) is 12.1 Å². The van der Waals surface area contributed by atoms with Gasteiger partial charge in [0.2, 0.25) is 11.9 Å². The van der Waals surface area contributed by atoms with E-state index in [9.17, 15) is 13.6 Å². The Kier molecular flexibility index (Phi) is 4.70. The normalized spacial score (nSPS) is 17.3. The minimum Gasteiger partial charge on any atom is -0.352 e. The highest BCUT2D eigenvalue weighted by Gasteiger charge is 2.28. The van der Waals surface area contributed by atoms with Gasteiger partial charge in [0.25, 0.3) is 0 Å². The summed E-state index contributed by atoms with van der Waals surface area (Å²) in [6.07, 6.45) is 3.50. The second-order valence-corrected chi connectivity index (χ2v) is 6.67. The second kappa shape index (κ2) is 7.30. The summed E-state index contributed by atoms with van der Waals surface area (Å²) in [5.74, 6) is -0.940. The first-order valence-corrected chi connectivity index (χ1v) is 8.88. The molecular weight excluding hydrogens is 352 g/mol. The summed E-state index contributed by atoms with van der Waals surface area (Å²) in [6, 6.07) is 9.03. The highest BCUT2D eigenvalue weighted by Crippen LogP contribution is 2.22. The number of nitrogens with one attached hydrogen (secondary N) is 1. The monoisotopic (exact) mass is 371 g/mol. The summed E-state index contributed by atoms with van der Waals surface area (Å²) in [4.78, 5) is 14.6. The van der Waals surface area contributed by atoms with Gasteiger partial charge in [-0.1, -0.05) is 12.1 Å². The molecule has 0 bridgehead atoms. The first-order chi connectivity index (χ1) is 13.1. The third-order valence-electron chi connectivity index (χ3n) is 4.84. The van der Waals surface area contributed by atoms with Crippen LogP contribution in [-0.4, -0.2) is 33.6 Å². The molecule has 3 heterocycles. The van der Waals surface area contributed by atoms with Gasteiger partial charge >= 0.3 is 0 Å². The molecule has 6 nitrogen and oxygen atoms in total. The fourth-order valence-electron chi connectivity index (χ4n) is 3.41. The van der Waals surface area contributed by atoms with E-state index in [0.717, 1.165) is 31.1 Å². The van der Waals surface area contributed by atoms with Crippen LogP contribution in [0.3, 0.4) is 0 Å². The number of piperidine rings is 1. The Hall–Kier alpha value is -3.03. The van der Waals surface area contributed by atoms with Gasteiger partial charge in [-0.3, -0.25) is 9.20 Å². The van der Waals surface area contributed by atoms with Crippen LogP contribution in [0.4, 0.5) is 14.7 Å². The first-order valence-electron chi connectivity index (χ1n) is 8.88. The lowest BCUT2D eigenvalue weighted by Gasteiger charge is -2.32. The Bertz CT molecular complexity index is 974. The molecule has 0 spiro atoms. The third kappa shape index (κ3) is 3.60. The van der Waals surface area contributed by atoms with E-state index in [0.29, 0.717) is 12.5 Å². The molecule has 3 aromatic rings. The standard InChI is InChI=1S/C19H19F2N5O/c20-15-7-6-13(16(21)10-15)11-22-18(27)14-4-3-8-25(12-14)19-24-23-17-5-1-2-9-26(17)19/h1-2,5-7,9-10,14H,3-4,8,11-12H2,(H,22,27)/t14-/m0/s1. The van der Waals surface area contributed by atoms with Crippen molar-refractivity contribution in [3.05, 3.63) is 59.8 Å². The molecule has 0 radical (unpaired) electrons. The number of benzene rings is 1. The average molecular weight is 371 g/mol. The molecule has 1 atom stereocenters. The fraction of sp³-hybridized carbons (Fsp3) is 0.316. The number of rotatable bonds is 4. The third-order valence-corrected chi connectivity index (χ3v) is 4.84. The molecular formula is C19H19F2N5O. The van der Waals surface area contributed by atoms with Gasteiger partial charge in [-0.15, -0.1) is 10.2 Å². The van der Waals surface area contributed by atoms with Crippen LogP contribution in [0.15, 0.2) is 42.6 Å². The van der Waals surface area contributed by atoms with Gasteiger partial charge in [-0.05, 0) is 31.0 Å². The summed E-state index contributed by atoms with van der Waals surface area (Å²) in [6.45, 7) is 1.36. The molecule has 2 aromatic heterocycles. The van der Waals surface area contributed by atoms with Crippen molar-refractivity contribution in [2.24, 2.45) is 5.92 Å². The molecule has 0 saturated carbocycles. The average Bonchev–Trinajstić information content (AvgIpc) is 3.11. The minimum absolute atomic E-state index is 0.0370. The van der Waals surface area contributed by atoms with Gasteiger partial charge in [-0.25, -0.2) is 8.78 Å². The van der Waals surface area contributed by atoms with Crippen molar-refractivity contribution in [2.75, 3.05) is 18.0 Å². The Morgan fingerprint density at radius 2 is 2.11 bits per heavy atom. The number of halogens is 2. The molecule has 1 amide bonds. The molecule has 1 fully saturated rings. The lowest BCUT2D eigenvalue weighted by Crippen LogP contribution is -2.43. The van der Waals surface area contributed by atoms with E-state index in [1.54, 1.807) is 0 Å². The zero-order valence-corrected chi connectivity index (χ0v) is 14.6. The van der Waals surface area contributed by atoms with Gasteiger partial charge in [0, 0.05) is 37.5 Å². The second-order valence-electron chi connectivity index (χ2n) is 6.67. The van der Waals surface area contributed by atoms with Crippen molar-refractivity contribution in [3.63, 3.8) is 0 Å². The van der Waals surface area contributed by atoms with E-state index in [1.807, 2.05) is 33.7 Å². The van der Waals surface area contributed by atoms with Crippen LogP contribution in [0.2, 0.25) is 0 Å². The molecule has 8 heteroatoms. The lowest BCUT2D eigenvalue weighted by atomic mass is 9.97. The van der Waals surface area contributed by atoms with Crippen molar-refractivity contribution in [2.45, 2.75) is 19.4 Å². The number of amides is 1. The van der Waals surface area contributed by atoms with Crippen LogP contribution in [0, 0.1) is 17.6 Å². The molecule has 1 aromatic carbocycles. The van der Waals surface area contributed by atoms with Crippen molar-refractivity contribution >= 4 is 17.5 Å². The molecule has 140 valence electrons. The maximum atomic E-state index is 13.7. The number of nitrogens with zero attached hydrogens (tertiary/aromatic N) is 4. The molecule has 0 unspecified atom stereocenters. The quantitative estimate of drug-likeness (QED) is 0.766. The van der Waals surface area contributed by atoms with Crippen molar-refractivity contribution < 1.29 is 13.6 Å². The number of pyridine rings is 1. The SMILES string of the molecule is O=C(NCc1ccc(F)cc1F)[C@H]1CCCN(c2nnc3ccccn23)C1. The van der Waals surface area contributed by atoms with Crippen LogP contribution < -0.4 is 10.2 Å². The van der Waals surface area contributed by atoms with E-state index in [-0.39, 0.29) is 23.9 Å². The topological polar surface area (TPSA) is 62.5 Å². The Morgan fingerprint density at radius 1 is 1.22 bits per heavy atom. The van der Waals surface area contributed by atoms with Crippen LogP contribution in [0.1, 0.15) is 18.4 Å². The van der Waals surface area contributed by atoms with Crippen LogP contribution in [-0.2, 0) is 11.3 Å². The zero-order chi connectivity index (χ0) is 18.8. The molecule has 1 N–H and O–H groups in total. The number of aromatic nitrogens is 3. The van der Waals surface area contributed by atoms with E-state index >= 15 is 0 Å². The number of fused-ring (bicyclic) bond motifs is 1. The van der Waals surface area contributed by atoms with Crippen molar-refractivity contribution in [3.8, 4) is 0 Å². The molecule has 1 saturated heterocycles. The lowest BCUT2D eigenvalue weighted by molar-refractivity contribution is -0.125.